The van der Waals surface area contributed by atoms with E-state index in [-0.39, 0.29) is 10.8 Å². The molecule has 2 aliphatic rings. The first kappa shape index (κ1) is 28.0. The summed E-state index contributed by atoms with van der Waals surface area (Å²) in [5.41, 5.74) is 9.15. The Labute approximate surface area is 249 Å². The molecule has 210 valence electrons. The Morgan fingerprint density at radius 3 is 1.44 bits per heavy atom. The molecule has 4 aromatic carbocycles. The Morgan fingerprint density at radius 1 is 0.512 bits per heavy atom. The van der Waals surface area contributed by atoms with Gasteiger partial charge in [-0.25, -0.2) is 0 Å². The largest absolute Gasteiger partial charge is 0.0624 e. The van der Waals surface area contributed by atoms with E-state index in [1.807, 2.05) is 0 Å². The summed E-state index contributed by atoms with van der Waals surface area (Å²) >= 11 is 0. The Morgan fingerprint density at radius 2 is 0.951 bits per heavy atom. The van der Waals surface area contributed by atoms with Gasteiger partial charge in [-0.3, -0.25) is 0 Å². The number of rotatable bonds is 5. The van der Waals surface area contributed by atoms with E-state index in [4.69, 9.17) is 0 Å². The summed E-state index contributed by atoms with van der Waals surface area (Å²) in [7, 11) is 0. The maximum atomic E-state index is 3.25. The van der Waals surface area contributed by atoms with E-state index in [1.165, 1.54) is 78.3 Å². The Kier molecular flexibility index (Phi) is 7.25. The van der Waals surface area contributed by atoms with Gasteiger partial charge in [0.2, 0.25) is 0 Å². The lowest BCUT2D eigenvalue weighted by Crippen LogP contribution is -2.41. The van der Waals surface area contributed by atoms with Crippen molar-refractivity contribution in [3.05, 3.63) is 131 Å². The van der Waals surface area contributed by atoms with Crippen molar-refractivity contribution in [1.29, 1.82) is 0 Å². The van der Waals surface area contributed by atoms with Gasteiger partial charge >= 0.3 is 0 Å². The second kappa shape index (κ2) is 10.6. The normalized spacial score (nSPS) is 27.3. The molecule has 0 nitrogen and oxygen atoms in total. The maximum Gasteiger partial charge on any atom is 0.0210 e. The fourth-order valence-electron chi connectivity index (χ4n) is 9.08. The van der Waals surface area contributed by atoms with E-state index in [9.17, 15) is 0 Å². The first-order chi connectivity index (χ1) is 19.6. The van der Waals surface area contributed by atoms with Crippen LogP contribution in [0, 0.1) is 28.9 Å². The van der Waals surface area contributed by atoms with Gasteiger partial charge < -0.3 is 0 Å². The molecule has 0 bridgehead atoms. The summed E-state index contributed by atoms with van der Waals surface area (Å²) in [5.74, 6) is 0.690. The van der Waals surface area contributed by atoms with Gasteiger partial charge in [-0.1, -0.05) is 138 Å². The molecule has 2 saturated carbocycles. The van der Waals surface area contributed by atoms with Gasteiger partial charge in [-0.05, 0) is 101 Å². The molecular formula is C41H46. The fourth-order valence-corrected chi connectivity index (χ4v) is 9.08. The van der Waals surface area contributed by atoms with Crippen LogP contribution in [0.15, 0.2) is 97.1 Å². The minimum absolute atomic E-state index is 0.0476. The molecule has 0 heteroatoms. The third-order valence-corrected chi connectivity index (χ3v) is 10.4. The summed E-state index contributed by atoms with van der Waals surface area (Å²) in [6.45, 7) is 12.2. The molecule has 0 saturated heterocycles. The van der Waals surface area contributed by atoms with Crippen molar-refractivity contribution in [3.63, 3.8) is 0 Å². The van der Waals surface area contributed by atoms with E-state index in [2.05, 4.69) is 144 Å². The van der Waals surface area contributed by atoms with Crippen LogP contribution in [0.25, 0.3) is 11.1 Å². The minimum Gasteiger partial charge on any atom is -0.0624 e. The Hall–Kier alpha value is -3.12. The van der Waals surface area contributed by atoms with Crippen LogP contribution in [0.5, 0.6) is 0 Å². The van der Waals surface area contributed by atoms with Crippen LogP contribution in [0.1, 0.15) is 102 Å². The van der Waals surface area contributed by atoms with Gasteiger partial charge in [-0.15, -0.1) is 0 Å². The second-order valence-electron chi connectivity index (χ2n) is 14.9. The van der Waals surface area contributed by atoms with Crippen molar-refractivity contribution in [3.8, 4) is 11.1 Å². The molecule has 0 spiro atoms. The molecule has 41 heavy (non-hydrogen) atoms. The summed E-state index contributed by atoms with van der Waals surface area (Å²) in [6, 6.07) is 43.1. The summed E-state index contributed by atoms with van der Waals surface area (Å²) in [5, 5.41) is 0. The predicted octanol–water partition coefficient (Wildman–Crippen LogP) is 11.0. The van der Waals surface area contributed by atoms with Gasteiger partial charge in [0.05, 0.1) is 0 Å². The highest BCUT2D eigenvalue weighted by Gasteiger charge is 2.45. The van der Waals surface area contributed by atoms with Crippen molar-refractivity contribution in [2.75, 3.05) is 0 Å². The van der Waals surface area contributed by atoms with Crippen molar-refractivity contribution in [2.24, 2.45) is 16.7 Å². The molecule has 2 fully saturated rings. The molecule has 2 aliphatic carbocycles. The standard InChI is InChI=1S/C41H46/c1-31-27-39(4,5)30-41(28-31,35-15-10-7-11-16-35)37-23-19-33(20-24-37)32-17-21-36(22-18-32)40(34-13-8-6-9-14-34)26-12-25-38(2,3)29-40/h8-11,13-24,31H,12,25-30H2,1-5H3. The SMILES string of the molecule is CC1CC(C)(C)CC(c2cc[c]cc2)(c2ccc(-c3ccc(C4(c5cc[c]cc5)CCCC(C)(C)C4)cc3)cc2)C1. The zero-order chi connectivity index (χ0) is 28.7. The van der Waals surface area contributed by atoms with Crippen LogP contribution >= 0.6 is 0 Å². The van der Waals surface area contributed by atoms with Gasteiger partial charge in [0, 0.05) is 10.8 Å². The Balaban J connectivity index is 1.34. The molecule has 3 unspecified atom stereocenters. The quantitative estimate of drug-likeness (QED) is 0.237. The molecule has 4 aromatic rings. The molecule has 6 rings (SSSR count). The van der Waals surface area contributed by atoms with Crippen LogP contribution in [0.4, 0.5) is 0 Å². The zero-order valence-corrected chi connectivity index (χ0v) is 25.8. The average Bonchev–Trinajstić information content (AvgIpc) is 2.96. The lowest BCUT2D eigenvalue weighted by atomic mass is 9.55. The molecule has 0 heterocycles. The molecule has 0 aromatic heterocycles. The average molecular weight is 539 g/mol. The fraction of sp³-hybridized carbons (Fsp3) is 0.415. The van der Waals surface area contributed by atoms with Crippen molar-refractivity contribution in [2.45, 2.75) is 90.4 Å². The third-order valence-electron chi connectivity index (χ3n) is 10.4. The molecule has 3 atom stereocenters. The van der Waals surface area contributed by atoms with E-state index >= 15 is 0 Å². The van der Waals surface area contributed by atoms with E-state index in [0.717, 1.165) is 0 Å². The number of hydrogen-bond donors (Lipinski definition) is 0. The number of benzene rings is 4. The van der Waals surface area contributed by atoms with Crippen molar-refractivity contribution >= 4 is 0 Å². The van der Waals surface area contributed by atoms with E-state index in [0.29, 0.717) is 16.7 Å². The van der Waals surface area contributed by atoms with Crippen LogP contribution in [0.2, 0.25) is 0 Å². The summed E-state index contributed by atoms with van der Waals surface area (Å²) in [4.78, 5) is 0. The number of hydrogen-bond acceptors (Lipinski definition) is 0. The molecule has 0 aliphatic heterocycles. The highest BCUT2D eigenvalue weighted by Crippen LogP contribution is 2.54. The molecule has 2 radical (unpaired) electrons. The molecule has 0 amide bonds. The van der Waals surface area contributed by atoms with Gasteiger partial charge in [0.25, 0.3) is 0 Å². The topological polar surface area (TPSA) is 0 Å². The minimum atomic E-state index is 0.0476. The van der Waals surface area contributed by atoms with Gasteiger partial charge in [0.15, 0.2) is 0 Å². The van der Waals surface area contributed by atoms with Crippen LogP contribution in [-0.2, 0) is 10.8 Å². The van der Waals surface area contributed by atoms with Gasteiger partial charge in [-0.2, -0.15) is 0 Å². The van der Waals surface area contributed by atoms with E-state index in [1.54, 1.807) is 0 Å². The third kappa shape index (κ3) is 5.43. The summed E-state index contributed by atoms with van der Waals surface area (Å²) < 4.78 is 0. The van der Waals surface area contributed by atoms with Crippen molar-refractivity contribution < 1.29 is 0 Å². The van der Waals surface area contributed by atoms with Gasteiger partial charge in [0.1, 0.15) is 0 Å². The van der Waals surface area contributed by atoms with Crippen molar-refractivity contribution in [1.82, 2.24) is 0 Å². The Bertz CT molecular complexity index is 1440. The second-order valence-corrected chi connectivity index (χ2v) is 14.9. The first-order valence-corrected chi connectivity index (χ1v) is 15.8. The smallest absolute Gasteiger partial charge is 0.0210 e. The van der Waals surface area contributed by atoms with Crippen LogP contribution < -0.4 is 0 Å². The first-order valence-electron chi connectivity index (χ1n) is 15.8. The highest BCUT2D eigenvalue weighted by molar-refractivity contribution is 5.65. The highest BCUT2D eigenvalue weighted by atomic mass is 14.5. The zero-order valence-electron chi connectivity index (χ0n) is 25.8. The van der Waals surface area contributed by atoms with Crippen LogP contribution in [-0.4, -0.2) is 0 Å². The van der Waals surface area contributed by atoms with E-state index < -0.39 is 0 Å². The summed E-state index contributed by atoms with van der Waals surface area (Å²) in [6.07, 6.45) is 8.64. The maximum absolute atomic E-state index is 3.25. The predicted molar refractivity (Wildman–Crippen MR) is 173 cm³/mol. The lowest BCUT2D eigenvalue weighted by Gasteiger charge is -2.48. The molecule has 0 N–H and O–H groups in total. The monoisotopic (exact) mass is 538 g/mol. The lowest BCUT2D eigenvalue weighted by molar-refractivity contribution is 0.127. The molecular weight excluding hydrogens is 492 g/mol. The van der Waals surface area contributed by atoms with Crippen LogP contribution in [0.3, 0.4) is 0 Å².